The number of isocyanates is 1. The molecule has 0 unspecified atom stereocenters. The highest BCUT2D eigenvalue weighted by atomic mass is 16.2. The largest absolute Gasteiger partial charge is 0.349 e. The van der Waals surface area contributed by atoms with Gasteiger partial charge in [-0.1, -0.05) is 0 Å². The minimum absolute atomic E-state index is 0.0926. The topological polar surface area (TPSA) is 61.2 Å². The van der Waals surface area contributed by atoms with Crippen LogP contribution in [0.5, 0.6) is 0 Å². The number of carbonyl (C=O) groups excluding carboxylic acids is 2. The van der Waals surface area contributed by atoms with Crippen molar-refractivity contribution in [2.75, 3.05) is 14.1 Å². The molecular formula is C5H10N2O2. The summed E-state index contributed by atoms with van der Waals surface area (Å²) < 4.78 is 0. The number of carbonyl (C=O) groups is 1. The molecule has 0 bridgehead atoms. The second-order valence-electron chi connectivity index (χ2n) is 1.52. The third-order valence-electron chi connectivity index (χ3n) is 0.630. The summed E-state index contributed by atoms with van der Waals surface area (Å²) in [6.45, 7) is 1.53. The van der Waals surface area contributed by atoms with E-state index in [1.165, 1.54) is 11.8 Å². The monoisotopic (exact) mass is 130 g/mol. The summed E-state index contributed by atoms with van der Waals surface area (Å²) in [5.41, 5.74) is 0. The van der Waals surface area contributed by atoms with Crippen molar-refractivity contribution >= 4 is 12.0 Å². The van der Waals surface area contributed by atoms with Crippen molar-refractivity contribution in [2.45, 2.75) is 6.92 Å². The Labute approximate surface area is 54.0 Å². The highest BCUT2D eigenvalue weighted by Crippen LogP contribution is 1.69. The van der Waals surface area contributed by atoms with Crippen LogP contribution in [0.25, 0.3) is 0 Å². The molecule has 4 nitrogen and oxygen atoms in total. The lowest BCUT2D eigenvalue weighted by Gasteiger charge is -2.02. The Bertz CT molecular complexity index is 114. The summed E-state index contributed by atoms with van der Waals surface area (Å²) in [6.07, 6.45) is 0.750. The molecule has 52 valence electrons. The SMILES string of the molecule is CC(=O)N(C)C.N=C=O. The van der Waals surface area contributed by atoms with Gasteiger partial charge in [0, 0.05) is 21.0 Å². The van der Waals surface area contributed by atoms with E-state index in [-0.39, 0.29) is 5.91 Å². The van der Waals surface area contributed by atoms with Crippen molar-refractivity contribution in [3.8, 4) is 0 Å². The average Bonchev–Trinajstić information content (AvgIpc) is 1.68. The lowest BCUT2D eigenvalue weighted by molar-refractivity contribution is -0.126. The van der Waals surface area contributed by atoms with Crippen molar-refractivity contribution in [1.82, 2.24) is 4.90 Å². The predicted octanol–water partition coefficient (Wildman–Crippen LogP) is -0.00453. The minimum Gasteiger partial charge on any atom is -0.349 e. The minimum atomic E-state index is 0.0926. The highest BCUT2D eigenvalue weighted by Gasteiger charge is 1.87. The molecule has 0 saturated carbocycles. The summed E-state index contributed by atoms with van der Waals surface area (Å²) in [7, 11) is 3.45. The number of nitrogens with zero attached hydrogens (tertiary/aromatic N) is 1. The Morgan fingerprint density at radius 2 is 1.67 bits per heavy atom. The molecule has 0 heterocycles. The van der Waals surface area contributed by atoms with E-state index in [1.807, 2.05) is 0 Å². The first-order chi connectivity index (χ1) is 4.06. The molecular weight excluding hydrogens is 120 g/mol. The van der Waals surface area contributed by atoms with Gasteiger partial charge in [-0.25, -0.2) is 10.2 Å². The van der Waals surface area contributed by atoms with Crippen molar-refractivity contribution in [1.29, 1.82) is 5.41 Å². The zero-order valence-corrected chi connectivity index (χ0v) is 5.76. The van der Waals surface area contributed by atoms with Crippen LogP contribution in [-0.2, 0) is 9.59 Å². The molecule has 9 heavy (non-hydrogen) atoms. The molecule has 0 radical (unpaired) electrons. The van der Waals surface area contributed by atoms with E-state index in [0.29, 0.717) is 0 Å². The Hall–Kier alpha value is -1.15. The van der Waals surface area contributed by atoms with E-state index in [9.17, 15) is 4.79 Å². The molecule has 0 spiro atoms. The van der Waals surface area contributed by atoms with Gasteiger partial charge in [0.1, 0.15) is 0 Å². The van der Waals surface area contributed by atoms with Crippen molar-refractivity contribution in [3.05, 3.63) is 0 Å². The molecule has 0 rings (SSSR count). The van der Waals surface area contributed by atoms with Gasteiger partial charge in [-0.05, 0) is 0 Å². The van der Waals surface area contributed by atoms with Gasteiger partial charge in [0.2, 0.25) is 12.0 Å². The maximum Gasteiger partial charge on any atom is 0.231 e. The van der Waals surface area contributed by atoms with E-state index in [2.05, 4.69) is 0 Å². The third kappa shape index (κ3) is 19.8. The second-order valence-corrected chi connectivity index (χ2v) is 1.52. The van der Waals surface area contributed by atoms with E-state index < -0.39 is 0 Å². The van der Waals surface area contributed by atoms with Gasteiger partial charge in [0.05, 0.1) is 0 Å². The summed E-state index contributed by atoms with van der Waals surface area (Å²) in [5.74, 6) is 0.0926. The number of nitrogens with one attached hydrogen (secondary N) is 1. The molecule has 0 atom stereocenters. The molecule has 0 aliphatic heterocycles. The summed E-state index contributed by atoms with van der Waals surface area (Å²) in [5, 5.41) is 5.40. The summed E-state index contributed by atoms with van der Waals surface area (Å²) >= 11 is 0. The summed E-state index contributed by atoms with van der Waals surface area (Å²) in [4.78, 5) is 19.9. The molecule has 1 N–H and O–H groups in total. The second kappa shape index (κ2) is 6.85. The van der Waals surface area contributed by atoms with Crippen LogP contribution in [0.3, 0.4) is 0 Å². The molecule has 0 aromatic heterocycles. The fraction of sp³-hybridized carbons (Fsp3) is 0.600. The number of hydrogen-bond acceptors (Lipinski definition) is 3. The zero-order valence-electron chi connectivity index (χ0n) is 5.76. The van der Waals surface area contributed by atoms with E-state index in [1.54, 1.807) is 14.1 Å². The van der Waals surface area contributed by atoms with Crippen LogP contribution in [0.1, 0.15) is 6.92 Å². The Balaban J connectivity index is 0. The highest BCUT2D eigenvalue weighted by molar-refractivity contribution is 5.72. The van der Waals surface area contributed by atoms with Crippen LogP contribution in [0.4, 0.5) is 0 Å². The molecule has 0 aliphatic carbocycles. The zero-order chi connectivity index (χ0) is 7.86. The molecule has 1 amide bonds. The lowest BCUT2D eigenvalue weighted by Crippen LogP contribution is -2.17. The third-order valence-corrected chi connectivity index (χ3v) is 0.630. The van der Waals surface area contributed by atoms with Gasteiger partial charge >= 0.3 is 0 Å². The summed E-state index contributed by atoms with van der Waals surface area (Å²) in [6, 6.07) is 0. The van der Waals surface area contributed by atoms with Crippen LogP contribution >= 0.6 is 0 Å². The molecule has 0 aliphatic rings. The van der Waals surface area contributed by atoms with Crippen LogP contribution in [0, 0.1) is 5.41 Å². The Morgan fingerprint density at radius 3 is 1.67 bits per heavy atom. The molecule has 0 aromatic carbocycles. The maximum atomic E-state index is 10.1. The van der Waals surface area contributed by atoms with Crippen LogP contribution in [-0.4, -0.2) is 31.0 Å². The maximum absolute atomic E-state index is 10.1. The smallest absolute Gasteiger partial charge is 0.231 e. The van der Waals surface area contributed by atoms with Gasteiger partial charge in [-0.3, -0.25) is 4.79 Å². The van der Waals surface area contributed by atoms with E-state index >= 15 is 0 Å². The first-order valence-electron chi connectivity index (χ1n) is 2.28. The number of hydrogen-bond donors (Lipinski definition) is 1. The number of rotatable bonds is 0. The predicted molar refractivity (Wildman–Crippen MR) is 32.8 cm³/mol. The quantitative estimate of drug-likeness (QED) is 0.370. The Morgan fingerprint density at radius 1 is 1.56 bits per heavy atom. The van der Waals surface area contributed by atoms with Crippen LogP contribution in [0.2, 0.25) is 0 Å². The first kappa shape index (κ1) is 10.8. The molecule has 0 aromatic rings. The molecule has 4 heteroatoms. The molecule has 0 fully saturated rings. The van der Waals surface area contributed by atoms with Crippen molar-refractivity contribution in [2.24, 2.45) is 0 Å². The van der Waals surface area contributed by atoms with Gasteiger partial charge < -0.3 is 4.90 Å². The fourth-order valence-corrected chi connectivity index (χ4v) is 0. The van der Waals surface area contributed by atoms with Crippen LogP contribution < -0.4 is 0 Å². The standard InChI is InChI=1S/C4H9NO.CHNO/c1-4(6)5(2)3;2-1-3/h1-3H3;2H. The Kier molecular flexibility index (Phi) is 8.19. The normalized spacial score (nSPS) is 6.11. The van der Waals surface area contributed by atoms with E-state index in [4.69, 9.17) is 10.2 Å². The van der Waals surface area contributed by atoms with Gasteiger partial charge in [0.25, 0.3) is 0 Å². The van der Waals surface area contributed by atoms with Crippen molar-refractivity contribution < 1.29 is 9.59 Å². The van der Waals surface area contributed by atoms with Crippen molar-refractivity contribution in [3.63, 3.8) is 0 Å². The van der Waals surface area contributed by atoms with Gasteiger partial charge in [-0.15, -0.1) is 0 Å². The lowest BCUT2D eigenvalue weighted by atomic mass is 10.7. The fourth-order valence-electron chi connectivity index (χ4n) is 0. The number of amides is 1. The molecule has 0 saturated heterocycles. The van der Waals surface area contributed by atoms with Gasteiger partial charge in [-0.2, -0.15) is 0 Å². The van der Waals surface area contributed by atoms with Crippen LogP contribution in [0.15, 0.2) is 0 Å². The average molecular weight is 130 g/mol. The van der Waals surface area contributed by atoms with E-state index in [0.717, 1.165) is 6.08 Å². The van der Waals surface area contributed by atoms with Gasteiger partial charge in [0.15, 0.2) is 0 Å². The first-order valence-corrected chi connectivity index (χ1v) is 2.28.